The van der Waals surface area contributed by atoms with Crippen molar-refractivity contribution in [1.82, 2.24) is 14.5 Å². The second kappa shape index (κ2) is 5.70. The van der Waals surface area contributed by atoms with Gasteiger partial charge in [0.1, 0.15) is 23.3 Å². The van der Waals surface area contributed by atoms with Crippen LogP contribution in [0.15, 0.2) is 30.5 Å². The summed E-state index contributed by atoms with van der Waals surface area (Å²) >= 11 is 6.07. The summed E-state index contributed by atoms with van der Waals surface area (Å²) in [6, 6.07) is 4.70. The van der Waals surface area contributed by atoms with Gasteiger partial charge in [0.15, 0.2) is 5.15 Å². The topological polar surface area (TPSA) is 30.7 Å². The van der Waals surface area contributed by atoms with Gasteiger partial charge in [-0.05, 0) is 26.0 Å². The highest BCUT2D eigenvalue weighted by molar-refractivity contribution is 6.32. The maximum Gasteiger partial charge on any atom is 0.155 e. The van der Waals surface area contributed by atoms with Crippen LogP contribution in [0.4, 0.5) is 13.2 Å². The summed E-state index contributed by atoms with van der Waals surface area (Å²) in [5, 5.41) is -0.0764. The molecule has 1 aromatic carbocycles. The van der Waals surface area contributed by atoms with Gasteiger partial charge in [-0.3, -0.25) is 9.55 Å². The molecule has 3 rings (SSSR count). The number of aryl methyl sites for hydroxylation is 2. The molecule has 3 nitrogen and oxygen atoms in total. The number of benzene rings is 1. The molecule has 0 spiro atoms. The van der Waals surface area contributed by atoms with Gasteiger partial charge in [0.05, 0.1) is 23.1 Å². The lowest BCUT2D eigenvalue weighted by Crippen LogP contribution is -2.03. The lowest BCUT2D eigenvalue weighted by molar-refractivity contribution is 0.547. The number of halogens is 4. The molecule has 2 heterocycles. The molecular weight excluding hydrogens is 327 g/mol. The van der Waals surface area contributed by atoms with E-state index in [0.717, 1.165) is 5.69 Å². The van der Waals surface area contributed by atoms with Crippen molar-refractivity contribution in [3.63, 3.8) is 0 Å². The molecule has 0 saturated carbocycles. The molecule has 0 radical (unpaired) electrons. The lowest BCUT2D eigenvalue weighted by Gasteiger charge is -2.12. The summed E-state index contributed by atoms with van der Waals surface area (Å²) in [5.74, 6) is -2.67. The standard InChI is InChI=1S/C16H11ClF3N3/c1-8-3-4-11(7-21-8)23-9(2)22-16(17)15(23)14-12(19)5-10(18)6-13(14)20/h3-7H,1-2H3. The molecule has 0 atom stereocenters. The molecule has 7 heteroatoms. The van der Waals surface area contributed by atoms with Crippen LogP contribution in [0.2, 0.25) is 5.15 Å². The van der Waals surface area contributed by atoms with Gasteiger partial charge in [-0.25, -0.2) is 18.2 Å². The predicted molar refractivity (Wildman–Crippen MR) is 81.2 cm³/mol. The van der Waals surface area contributed by atoms with E-state index in [4.69, 9.17) is 11.6 Å². The Morgan fingerprint density at radius 2 is 1.70 bits per heavy atom. The molecule has 0 unspecified atom stereocenters. The van der Waals surface area contributed by atoms with Gasteiger partial charge in [-0.1, -0.05) is 11.6 Å². The maximum absolute atomic E-state index is 14.2. The largest absolute Gasteiger partial charge is 0.293 e. The van der Waals surface area contributed by atoms with Crippen molar-refractivity contribution in [3.05, 3.63) is 64.6 Å². The number of hydrogen-bond donors (Lipinski definition) is 0. The van der Waals surface area contributed by atoms with Gasteiger partial charge in [-0.15, -0.1) is 0 Å². The number of hydrogen-bond acceptors (Lipinski definition) is 2. The average Bonchev–Trinajstić information content (AvgIpc) is 2.74. The van der Waals surface area contributed by atoms with Crippen LogP contribution in [0, 0.1) is 31.3 Å². The van der Waals surface area contributed by atoms with Gasteiger partial charge in [0.25, 0.3) is 0 Å². The Morgan fingerprint density at radius 1 is 1.04 bits per heavy atom. The molecule has 23 heavy (non-hydrogen) atoms. The minimum Gasteiger partial charge on any atom is -0.293 e. The molecule has 0 bridgehead atoms. The summed E-state index contributed by atoms with van der Waals surface area (Å²) in [6.07, 6.45) is 1.54. The first-order valence-electron chi connectivity index (χ1n) is 6.71. The number of nitrogens with zero attached hydrogens (tertiary/aromatic N) is 3. The Labute approximate surface area is 135 Å². The summed E-state index contributed by atoms with van der Waals surface area (Å²) in [4.78, 5) is 8.22. The van der Waals surface area contributed by atoms with Crippen molar-refractivity contribution in [2.24, 2.45) is 0 Å². The third kappa shape index (κ3) is 2.70. The normalized spacial score (nSPS) is 11.0. The molecule has 3 aromatic rings. The molecule has 0 aliphatic carbocycles. The van der Waals surface area contributed by atoms with Crippen LogP contribution in [-0.4, -0.2) is 14.5 Å². The van der Waals surface area contributed by atoms with Crippen LogP contribution in [0.1, 0.15) is 11.5 Å². The third-order valence-electron chi connectivity index (χ3n) is 3.40. The Bertz CT molecular complexity index is 865. The third-order valence-corrected chi connectivity index (χ3v) is 3.66. The highest BCUT2D eigenvalue weighted by Gasteiger charge is 2.23. The lowest BCUT2D eigenvalue weighted by atomic mass is 10.1. The van der Waals surface area contributed by atoms with E-state index in [2.05, 4.69) is 9.97 Å². The van der Waals surface area contributed by atoms with E-state index >= 15 is 0 Å². The maximum atomic E-state index is 14.2. The van der Waals surface area contributed by atoms with Gasteiger partial charge < -0.3 is 0 Å². The van der Waals surface area contributed by atoms with Crippen LogP contribution in [-0.2, 0) is 0 Å². The fourth-order valence-corrected chi connectivity index (χ4v) is 2.69. The van der Waals surface area contributed by atoms with Gasteiger partial charge >= 0.3 is 0 Å². The molecule has 0 saturated heterocycles. The van der Waals surface area contributed by atoms with E-state index in [0.29, 0.717) is 23.6 Å². The molecule has 0 amide bonds. The van der Waals surface area contributed by atoms with E-state index in [1.807, 2.05) is 6.92 Å². The molecule has 2 aromatic heterocycles. The Morgan fingerprint density at radius 3 is 2.26 bits per heavy atom. The summed E-state index contributed by atoms with van der Waals surface area (Å²) in [7, 11) is 0. The van der Waals surface area contributed by atoms with Gasteiger partial charge in [0.2, 0.25) is 0 Å². The van der Waals surface area contributed by atoms with E-state index in [-0.39, 0.29) is 10.8 Å². The molecular formula is C16H11ClF3N3. The van der Waals surface area contributed by atoms with Crippen molar-refractivity contribution in [2.75, 3.05) is 0 Å². The highest BCUT2D eigenvalue weighted by atomic mass is 35.5. The highest BCUT2D eigenvalue weighted by Crippen LogP contribution is 2.35. The number of imidazole rings is 1. The van der Waals surface area contributed by atoms with E-state index in [1.165, 1.54) is 4.57 Å². The Hall–Kier alpha value is -2.34. The van der Waals surface area contributed by atoms with Gasteiger partial charge in [0, 0.05) is 17.8 Å². The zero-order valence-electron chi connectivity index (χ0n) is 12.2. The van der Waals surface area contributed by atoms with Crippen LogP contribution in [0.5, 0.6) is 0 Å². The van der Waals surface area contributed by atoms with E-state index in [1.54, 1.807) is 25.3 Å². The fourth-order valence-electron chi connectivity index (χ4n) is 2.39. The second-order valence-electron chi connectivity index (χ2n) is 5.04. The molecule has 0 aliphatic rings. The monoisotopic (exact) mass is 337 g/mol. The molecule has 0 fully saturated rings. The SMILES string of the molecule is Cc1ccc(-n2c(C)nc(Cl)c2-c2c(F)cc(F)cc2F)cn1. The first-order valence-corrected chi connectivity index (χ1v) is 7.09. The zero-order chi connectivity index (χ0) is 16.7. The Balaban J connectivity index is 2.32. The molecule has 0 N–H and O–H groups in total. The number of pyridine rings is 1. The van der Waals surface area contributed by atoms with Crippen molar-refractivity contribution < 1.29 is 13.2 Å². The summed E-state index contributed by atoms with van der Waals surface area (Å²) < 4.78 is 42.9. The van der Waals surface area contributed by atoms with Crippen molar-refractivity contribution in [1.29, 1.82) is 0 Å². The van der Waals surface area contributed by atoms with Crippen LogP contribution >= 0.6 is 11.6 Å². The fraction of sp³-hybridized carbons (Fsp3) is 0.125. The van der Waals surface area contributed by atoms with Crippen molar-refractivity contribution >= 4 is 11.6 Å². The minimum absolute atomic E-state index is 0.0184. The summed E-state index contributed by atoms with van der Waals surface area (Å²) in [5.41, 5.74) is 0.923. The average molecular weight is 338 g/mol. The van der Waals surface area contributed by atoms with Crippen LogP contribution < -0.4 is 0 Å². The minimum atomic E-state index is -1.05. The van der Waals surface area contributed by atoms with Crippen molar-refractivity contribution in [3.8, 4) is 16.9 Å². The van der Waals surface area contributed by atoms with E-state index in [9.17, 15) is 13.2 Å². The Kier molecular flexibility index (Phi) is 3.85. The van der Waals surface area contributed by atoms with E-state index < -0.39 is 23.0 Å². The number of rotatable bonds is 2. The first kappa shape index (κ1) is 15.6. The smallest absolute Gasteiger partial charge is 0.155 e. The van der Waals surface area contributed by atoms with Crippen LogP contribution in [0.25, 0.3) is 16.9 Å². The van der Waals surface area contributed by atoms with Gasteiger partial charge in [-0.2, -0.15) is 0 Å². The van der Waals surface area contributed by atoms with Crippen LogP contribution in [0.3, 0.4) is 0 Å². The molecule has 0 aliphatic heterocycles. The quantitative estimate of drug-likeness (QED) is 0.683. The predicted octanol–water partition coefficient (Wildman–Crippen LogP) is 4.62. The second-order valence-corrected chi connectivity index (χ2v) is 5.39. The first-order chi connectivity index (χ1) is 10.9. The zero-order valence-corrected chi connectivity index (χ0v) is 13.0. The summed E-state index contributed by atoms with van der Waals surface area (Å²) in [6.45, 7) is 3.46. The number of aromatic nitrogens is 3. The molecule has 118 valence electrons. The van der Waals surface area contributed by atoms with Crippen molar-refractivity contribution in [2.45, 2.75) is 13.8 Å².